The molecule has 0 radical (unpaired) electrons. The zero-order valence-corrected chi connectivity index (χ0v) is 12.5. The van der Waals surface area contributed by atoms with E-state index in [1.54, 1.807) is 26.4 Å². The Hall–Kier alpha value is -1.27. The topological polar surface area (TPSA) is 48.0 Å². The Bertz CT molecular complexity index is 447. The Morgan fingerprint density at radius 2 is 1.89 bits per heavy atom. The van der Waals surface area contributed by atoms with Crippen molar-refractivity contribution >= 4 is 21.8 Å². The van der Waals surface area contributed by atoms with Gasteiger partial charge >= 0.3 is 0 Å². The minimum Gasteiger partial charge on any atom is -0.495 e. The molecule has 5 nitrogen and oxygen atoms in total. The Balaban J connectivity index is 2.30. The van der Waals surface area contributed by atoms with Crippen molar-refractivity contribution in [2.24, 2.45) is 0 Å². The van der Waals surface area contributed by atoms with Crippen molar-refractivity contribution in [1.29, 1.82) is 0 Å². The lowest BCUT2D eigenvalue weighted by Gasteiger charge is -2.26. The minimum atomic E-state index is -0.177. The van der Waals surface area contributed by atoms with Gasteiger partial charge in [-0.05, 0) is 40.9 Å². The van der Waals surface area contributed by atoms with Gasteiger partial charge in [-0.2, -0.15) is 0 Å². The molecule has 2 rings (SSSR count). The Labute approximate surface area is 120 Å². The van der Waals surface area contributed by atoms with E-state index in [4.69, 9.17) is 14.3 Å². The molecule has 1 aliphatic rings. The fraction of sp³-hybridized carbons (Fsp3) is 0.462. The van der Waals surface area contributed by atoms with Crippen molar-refractivity contribution in [3.8, 4) is 11.5 Å². The fourth-order valence-corrected chi connectivity index (χ4v) is 2.45. The Kier molecular flexibility index (Phi) is 4.66. The number of carbonyl (C=O) groups excluding carboxylic acids is 1. The van der Waals surface area contributed by atoms with Gasteiger partial charge in [0, 0.05) is 12.1 Å². The van der Waals surface area contributed by atoms with Crippen LogP contribution < -0.4 is 9.47 Å². The van der Waals surface area contributed by atoms with E-state index in [2.05, 4.69) is 15.9 Å². The van der Waals surface area contributed by atoms with E-state index < -0.39 is 0 Å². The van der Waals surface area contributed by atoms with Gasteiger partial charge in [0.1, 0.15) is 16.0 Å². The van der Waals surface area contributed by atoms with E-state index in [1.165, 1.54) is 5.06 Å². The third-order valence-corrected chi connectivity index (χ3v) is 3.70. The highest BCUT2D eigenvalue weighted by molar-refractivity contribution is 9.10. The molecule has 1 aliphatic heterocycles. The molecule has 6 heteroatoms. The number of benzene rings is 1. The number of ether oxygens (including phenoxy) is 2. The lowest BCUT2D eigenvalue weighted by Crippen LogP contribution is -2.35. The Morgan fingerprint density at radius 3 is 2.37 bits per heavy atom. The van der Waals surface area contributed by atoms with Crippen LogP contribution in [0, 0.1) is 0 Å². The summed E-state index contributed by atoms with van der Waals surface area (Å²) in [7, 11) is 3.09. The first-order valence-electron chi connectivity index (χ1n) is 6.03. The monoisotopic (exact) mass is 329 g/mol. The number of methoxy groups -OCH3 is 2. The molecule has 0 bridgehead atoms. The van der Waals surface area contributed by atoms with E-state index in [9.17, 15) is 4.79 Å². The lowest BCUT2D eigenvalue weighted by molar-refractivity contribution is -0.144. The molecule has 0 aliphatic carbocycles. The molecule has 0 atom stereocenters. The van der Waals surface area contributed by atoms with Crippen LogP contribution in [0.2, 0.25) is 0 Å². The van der Waals surface area contributed by atoms with Gasteiger partial charge in [-0.15, -0.1) is 0 Å². The van der Waals surface area contributed by atoms with Crippen LogP contribution in [-0.4, -0.2) is 38.3 Å². The second-order valence-electron chi connectivity index (χ2n) is 4.14. The molecule has 0 N–H and O–H groups in total. The summed E-state index contributed by atoms with van der Waals surface area (Å²) in [6.45, 7) is 1.19. The van der Waals surface area contributed by atoms with Crippen LogP contribution in [0.25, 0.3) is 0 Å². The number of hydroxylamine groups is 2. The van der Waals surface area contributed by atoms with Gasteiger partial charge < -0.3 is 9.47 Å². The van der Waals surface area contributed by atoms with E-state index in [-0.39, 0.29) is 5.91 Å². The first-order chi connectivity index (χ1) is 9.17. The predicted octanol–water partition coefficient (Wildman–Crippen LogP) is 2.63. The number of rotatable bonds is 3. The molecular formula is C13H16BrNO4. The van der Waals surface area contributed by atoms with Crippen molar-refractivity contribution in [2.45, 2.75) is 12.8 Å². The minimum absolute atomic E-state index is 0.177. The van der Waals surface area contributed by atoms with E-state index in [1.807, 2.05) is 0 Å². The molecule has 1 aromatic rings. The molecule has 104 valence electrons. The first kappa shape index (κ1) is 14.1. The smallest absolute Gasteiger partial charge is 0.277 e. The average Bonchev–Trinajstić information content (AvgIpc) is 2.47. The van der Waals surface area contributed by atoms with Gasteiger partial charge in [0.25, 0.3) is 5.91 Å². The van der Waals surface area contributed by atoms with Crippen LogP contribution in [0.4, 0.5) is 0 Å². The summed E-state index contributed by atoms with van der Waals surface area (Å²) in [4.78, 5) is 17.7. The Morgan fingerprint density at radius 1 is 1.26 bits per heavy atom. The molecule has 1 saturated heterocycles. The van der Waals surface area contributed by atoms with Crippen LogP contribution >= 0.6 is 15.9 Å². The van der Waals surface area contributed by atoms with Crippen LogP contribution in [0.1, 0.15) is 23.2 Å². The maximum atomic E-state index is 12.3. The van der Waals surface area contributed by atoms with Gasteiger partial charge in [0.15, 0.2) is 0 Å². The van der Waals surface area contributed by atoms with Gasteiger partial charge in [0.05, 0.1) is 20.8 Å². The zero-order valence-electron chi connectivity index (χ0n) is 10.9. The van der Waals surface area contributed by atoms with Gasteiger partial charge in [0.2, 0.25) is 0 Å². The lowest BCUT2D eigenvalue weighted by atomic mass is 10.1. The van der Waals surface area contributed by atoms with Crippen LogP contribution in [-0.2, 0) is 4.84 Å². The molecule has 1 amide bonds. The van der Waals surface area contributed by atoms with Gasteiger partial charge in [-0.25, -0.2) is 5.06 Å². The van der Waals surface area contributed by atoms with Gasteiger partial charge in [-0.3, -0.25) is 9.63 Å². The van der Waals surface area contributed by atoms with Gasteiger partial charge in [-0.1, -0.05) is 0 Å². The van der Waals surface area contributed by atoms with Crippen LogP contribution in [0.5, 0.6) is 11.5 Å². The number of amides is 1. The molecule has 0 aromatic heterocycles. The summed E-state index contributed by atoms with van der Waals surface area (Å²) in [6, 6.07) is 3.35. The van der Waals surface area contributed by atoms with E-state index in [0.29, 0.717) is 34.7 Å². The zero-order chi connectivity index (χ0) is 13.8. The molecule has 0 saturated carbocycles. The molecule has 1 heterocycles. The second-order valence-corrected chi connectivity index (χ2v) is 4.94. The van der Waals surface area contributed by atoms with E-state index >= 15 is 0 Å². The number of nitrogens with zero attached hydrogens (tertiary/aromatic N) is 1. The molecule has 19 heavy (non-hydrogen) atoms. The summed E-state index contributed by atoms with van der Waals surface area (Å²) < 4.78 is 11.1. The second kappa shape index (κ2) is 6.25. The fourth-order valence-electron chi connectivity index (χ4n) is 1.89. The third-order valence-electron chi connectivity index (χ3n) is 2.92. The van der Waals surface area contributed by atoms with Crippen molar-refractivity contribution < 1.29 is 19.1 Å². The molecule has 1 fully saturated rings. The van der Waals surface area contributed by atoms with Crippen LogP contribution in [0.15, 0.2) is 16.6 Å². The molecule has 1 aromatic carbocycles. The highest BCUT2D eigenvalue weighted by Gasteiger charge is 2.22. The maximum Gasteiger partial charge on any atom is 0.277 e. The predicted molar refractivity (Wildman–Crippen MR) is 73.5 cm³/mol. The number of carbonyl (C=O) groups is 1. The number of halogens is 1. The quantitative estimate of drug-likeness (QED) is 0.855. The van der Waals surface area contributed by atoms with Crippen molar-refractivity contribution in [2.75, 3.05) is 27.4 Å². The standard InChI is InChI=1S/C13H16BrNO4/c1-17-10-7-9(8-11(18-2)12(10)14)13(16)15-5-3-4-6-19-15/h7-8H,3-6H2,1-2H3. The molecule has 0 unspecified atom stereocenters. The summed E-state index contributed by atoms with van der Waals surface area (Å²) >= 11 is 3.37. The third kappa shape index (κ3) is 3.01. The van der Waals surface area contributed by atoms with Crippen molar-refractivity contribution in [3.63, 3.8) is 0 Å². The SMILES string of the molecule is COc1cc(C(=O)N2CCCCO2)cc(OC)c1Br. The summed E-state index contributed by atoms with van der Waals surface area (Å²) in [5, 5.41) is 1.39. The summed E-state index contributed by atoms with van der Waals surface area (Å²) in [6.07, 6.45) is 1.94. The highest BCUT2D eigenvalue weighted by Crippen LogP contribution is 2.36. The molecular weight excluding hydrogens is 314 g/mol. The van der Waals surface area contributed by atoms with Crippen molar-refractivity contribution in [1.82, 2.24) is 5.06 Å². The normalized spacial score (nSPS) is 15.2. The largest absolute Gasteiger partial charge is 0.495 e. The van der Waals surface area contributed by atoms with E-state index in [0.717, 1.165) is 12.8 Å². The molecule has 0 spiro atoms. The highest BCUT2D eigenvalue weighted by atomic mass is 79.9. The number of hydrogen-bond donors (Lipinski definition) is 0. The average molecular weight is 330 g/mol. The summed E-state index contributed by atoms with van der Waals surface area (Å²) in [5.41, 5.74) is 0.485. The van der Waals surface area contributed by atoms with Crippen LogP contribution in [0.3, 0.4) is 0 Å². The van der Waals surface area contributed by atoms with Crippen molar-refractivity contribution in [3.05, 3.63) is 22.2 Å². The summed E-state index contributed by atoms with van der Waals surface area (Å²) in [5.74, 6) is 0.934. The maximum absolute atomic E-state index is 12.3. The first-order valence-corrected chi connectivity index (χ1v) is 6.83. The number of hydrogen-bond acceptors (Lipinski definition) is 4.